The Labute approximate surface area is 145 Å². The average molecular weight is 369 g/mol. The monoisotopic (exact) mass is 369 g/mol. The Morgan fingerprint density at radius 3 is 2.73 bits per heavy atom. The molecule has 138 valence electrons. The highest BCUT2D eigenvalue weighted by molar-refractivity contribution is 5.98. The SMILES string of the molecule is Cc1nc2n(n1)CC(CC(=O)Nc1ccc(OC(F)(F)F)cc1)C(=O)N2. The lowest BCUT2D eigenvalue weighted by Gasteiger charge is -2.21. The first kappa shape index (κ1) is 17.7. The minimum Gasteiger partial charge on any atom is -0.406 e. The van der Waals surface area contributed by atoms with Crippen molar-refractivity contribution in [1.29, 1.82) is 0 Å². The van der Waals surface area contributed by atoms with Gasteiger partial charge in [0.15, 0.2) is 0 Å². The van der Waals surface area contributed by atoms with Crippen LogP contribution in [0, 0.1) is 12.8 Å². The van der Waals surface area contributed by atoms with Crippen LogP contribution in [0.15, 0.2) is 24.3 Å². The van der Waals surface area contributed by atoms with Gasteiger partial charge in [-0.2, -0.15) is 10.1 Å². The van der Waals surface area contributed by atoms with Gasteiger partial charge in [0.25, 0.3) is 0 Å². The second-order valence-corrected chi connectivity index (χ2v) is 5.68. The van der Waals surface area contributed by atoms with E-state index in [-0.39, 0.29) is 24.6 Å². The fraction of sp³-hybridized carbons (Fsp3) is 0.333. The first-order chi connectivity index (χ1) is 12.2. The van der Waals surface area contributed by atoms with Gasteiger partial charge in [-0.15, -0.1) is 13.2 Å². The molecule has 3 rings (SSSR count). The number of hydrogen-bond acceptors (Lipinski definition) is 5. The van der Waals surface area contributed by atoms with Crippen LogP contribution in [0.1, 0.15) is 12.2 Å². The van der Waals surface area contributed by atoms with E-state index in [0.29, 0.717) is 11.8 Å². The first-order valence-corrected chi connectivity index (χ1v) is 7.57. The number of alkyl halides is 3. The molecule has 0 bridgehead atoms. The Bertz CT molecular complexity index is 832. The number of nitrogens with zero attached hydrogens (tertiary/aromatic N) is 3. The molecule has 2 heterocycles. The Morgan fingerprint density at radius 1 is 1.38 bits per heavy atom. The number of fused-ring (bicyclic) bond motifs is 1. The van der Waals surface area contributed by atoms with E-state index in [1.165, 1.54) is 16.8 Å². The Hall–Kier alpha value is -3.11. The number of carbonyl (C=O) groups is 2. The Balaban J connectivity index is 1.58. The van der Waals surface area contributed by atoms with Gasteiger partial charge in [-0.05, 0) is 31.2 Å². The number of ether oxygens (including phenoxy) is 1. The summed E-state index contributed by atoms with van der Waals surface area (Å²) >= 11 is 0. The predicted molar refractivity (Wildman–Crippen MR) is 83.3 cm³/mol. The predicted octanol–water partition coefficient (Wildman–Crippen LogP) is 2.08. The van der Waals surface area contributed by atoms with E-state index in [1.807, 2.05) is 0 Å². The van der Waals surface area contributed by atoms with Gasteiger partial charge >= 0.3 is 6.36 Å². The molecule has 0 fully saturated rings. The molecule has 2 aromatic rings. The number of halogens is 3. The topological polar surface area (TPSA) is 98.1 Å². The minimum atomic E-state index is -4.78. The largest absolute Gasteiger partial charge is 0.573 e. The summed E-state index contributed by atoms with van der Waals surface area (Å²) in [6.07, 6.45) is -4.89. The quantitative estimate of drug-likeness (QED) is 0.860. The van der Waals surface area contributed by atoms with E-state index in [9.17, 15) is 22.8 Å². The average Bonchev–Trinajstić information content (AvgIpc) is 2.87. The van der Waals surface area contributed by atoms with Crippen molar-refractivity contribution in [2.45, 2.75) is 26.3 Å². The molecule has 1 aromatic heterocycles. The number of benzene rings is 1. The molecule has 2 N–H and O–H groups in total. The lowest BCUT2D eigenvalue weighted by atomic mass is 10.0. The summed E-state index contributed by atoms with van der Waals surface area (Å²) < 4.78 is 41.6. The smallest absolute Gasteiger partial charge is 0.406 e. The standard InChI is InChI=1S/C15H14F3N5O3/c1-8-19-14-21-13(25)9(7-23(14)22-8)6-12(24)20-10-2-4-11(5-3-10)26-15(16,17)18/h2-5,9H,6-7H2,1H3,(H,20,24)(H,19,21,22,25). The third kappa shape index (κ3) is 4.29. The highest BCUT2D eigenvalue weighted by Crippen LogP contribution is 2.24. The van der Waals surface area contributed by atoms with E-state index < -0.39 is 23.9 Å². The number of amides is 2. The summed E-state index contributed by atoms with van der Waals surface area (Å²) in [5.74, 6) is -0.965. The second-order valence-electron chi connectivity index (χ2n) is 5.68. The van der Waals surface area contributed by atoms with Crippen LogP contribution in [0.3, 0.4) is 0 Å². The molecule has 26 heavy (non-hydrogen) atoms. The summed E-state index contributed by atoms with van der Waals surface area (Å²) in [4.78, 5) is 28.2. The first-order valence-electron chi connectivity index (χ1n) is 7.57. The van der Waals surface area contributed by atoms with Crippen LogP contribution < -0.4 is 15.4 Å². The molecule has 1 aliphatic heterocycles. The minimum absolute atomic E-state index is 0.106. The van der Waals surface area contributed by atoms with E-state index in [0.717, 1.165) is 12.1 Å². The van der Waals surface area contributed by atoms with E-state index in [4.69, 9.17) is 0 Å². The van der Waals surface area contributed by atoms with Gasteiger partial charge in [0.1, 0.15) is 11.6 Å². The molecule has 8 nitrogen and oxygen atoms in total. The van der Waals surface area contributed by atoms with Gasteiger partial charge in [0, 0.05) is 12.1 Å². The van der Waals surface area contributed by atoms with Crippen LogP contribution in [-0.2, 0) is 16.1 Å². The summed E-state index contributed by atoms with van der Waals surface area (Å²) in [5.41, 5.74) is 0.290. The molecular formula is C15H14F3N5O3. The van der Waals surface area contributed by atoms with E-state index in [2.05, 4.69) is 25.5 Å². The molecular weight excluding hydrogens is 355 g/mol. The summed E-state index contributed by atoms with van der Waals surface area (Å²) in [6.45, 7) is 1.90. The van der Waals surface area contributed by atoms with Crippen molar-refractivity contribution in [2.75, 3.05) is 10.6 Å². The maximum Gasteiger partial charge on any atom is 0.573 e. The molecule has 0 radical (unpaired) electrons. The van der Waals surface area contributed by atoms with Gasteiger partial charge in [-0.3, -0.25) is 14.9 Å². The molecule has 1 aliphatic rings. The van der Waals surface area contributed by atoms with Gasteiger partial charge < -0.3 is 10.1 Å². The van der Waals surface area contributed by atoms with Gasteiger partial charge in [-0.25, -0.2) is 4.68 Å². The van der Waals surface area contributed by atoms with Crippen molar-refractivity contribution in [1.82, 2.24) is 14.8 Å². The van der Waals surface area contributed by atoms with Crippen molar-refractivity contribution >= 4 is 23.5 Å². The van der Waals surface area contributed by atoms with Crippen LogP contribution in [0.25, 0.3) is 0 Å². The number of nitrogens with one attached hydrogen (secondary N) is 2. The van der Waals surface area contributed by atoms with Crippen molar-refractivity contribution in [3.8, 4) is 5.75 Å². The molecule has 1 aromatic carbocycles. The van der Waals surface area contributed by atoms with E-state index in [1.54, 1.807) is 6.92 Å². The lowest BCUT2D eigenvalue weighted by molar-refractivity contribution is -0.274. The summed E-state index contributed by atoms with van der Waals surface area (Å²) in [5, 5.41) is 9.22. The van der Waals surface area contributed by atoms with Gasteiger partial charge in [0.05, 0.1) is 12.5 Å². The van der Waals surface area contributed by atoms with Crippen LogP contribution in [0.2, 0.25) is 0 Å². The highest BCUT2D eigenvalue weighted by Gasteiger charge is 2.31. The lowest BCUT2D eigenvalue weighted by Crippen LogP contribution is -2.36. The number of aryl methyl sites for hydroxylation is 1. The molecule has 0 saturated carbocycles. The number of aromatic nitrogens is 3. The zero-order valence-electron chi connectivity index (χ0n) is 13.5. The fourth-order valence-electron chi connectivity index (χ4n) is 2.51. The van der Waals surface area contributed by atoms with Crippen molar-refractivity contribution in [2.24, 2.45) is 5.92 Å². The molecule has 1 atom stereocenters. The molecule has 0 saturated heterocycles. The molecule has 0 aliphatic carbocycles. The third-order valence-electron chi connectivity index (χ3n) is 3.58. The van der Waals surface area contributed by atoms with Gasteiger partial charge in [-0.1, -0.05) is 0 Å². The van der Waals surface area contributed by atoms with Crippen molar-refractivity contribution < 1.29 is 27.5 Å². The summed E-state index contributed by atoms with van der Waals surface area (Å²) in [7, 11) is 0. The number of carbonyl (C=O) groups excluding carboxylic acids is 2. The zero-order chi connectivity index (χ0) is 18.9. The number of rotatable bonds is 4. The number of hydrogen-bond donors (Lipinski definition) is 2. The summed E-state index contributed by atoms with van der Waals surface area (Å²) in [6, 6.07) is 4.72. The van der Waals surface area contributed by atoms with Crippen LogP contribution in [-0.4, -0.2) is 32.9 Å². The fourth-order valence-corrected chi connectivity index (χ4v) is 2.51. The van der Waals surface area contributed by atoms with E-state index >= 15 is 0 Å². The second kappa shape index (κ2) is 6.65. The normalized spacial score (nSPS) is 16.6. The maximum atomic E-state index is 12.1. The highest BCUT2D eigenvalue weighted by atomic mass is 19.4. The van der Waals surface area contributed by atoms with Crippen LogP contribution >= 0.6 is 0 Å². The van der Waals surface area contributed by atoms with Crippen LogP contribution in [0.5, 0.6) is 5.75 Å². The van der Waals surface area contributed by atoms with Crippen LogP contribution in [0.4, 0.5) is 24.8 Å². The molecule has 0 spiro atoms. The molecule has 2 amide bonds. The Kier molecular flexibility index (Phi) is 4.53. The Morgan fingerprint density at radius 2 is 2.08 bits per heavy atom. The zero-order valence-corrected chi connectivity index (χ0v) is 13.5. The van der Waals surface area contributed by atoms with Crippen molar-refractivity contribution in [3.05, 3.63) is 30.1 Å². The number of anilines is 2. The maximum absolute atomic E-state index is 12.1. The van der Waals surface area contributed by atoms with Gasteiger partial charge in [0.2, 0.25) is 17.8 Å². The molecule has 11 heteroatoms. The van der Waals surface area contributed by atoms with Crippen molar-refractivity contribution in [3.63, 3.8) is 0 Å². The molecule has 1 unspecified atom stereocenters. The third-order valence-corrected chi connectivity index (χ3v) is 3.58.